The minimum absolute atomic E-state index is 0.0631. The molecule has 0 bridgehead atoms. The van der Waals surface area contributed by atoms with Gasteiger partial charge >= 0.3 is 101 Å². The number of nitrogens with one attached hydrogen (secondary N) is 3. The molecule has 17 N–H and O–H groups in total. The summed E-state index contributed by atoms with van der Waals surface area (Å²) >= 11 is 1.68. The predicted octanol–water partition coefficient (Wildman–Crippen LogP) is 1.70. The first-order valence-corrected chi connectivity index (χ1v) is 48.0. The van der Waals surface area contributed by atoms with Gasteiger partial charge in [-0.3, -0.25) is 116 Å². The number of amides is 3. The zero-order chi connectivity index (χ0) is 112. The average molecular weight is 2160 g/mol. The number of halogens is 2. The van der Waals surface area contributed by atoms with Gasteiger partial charge in [0.2, 0.25) is 17.7 Å². The monoisotopic (exact) mass is 2160 g/mol. The first kappa shape index (κ1) is 154. The van der Waals surface area contributed by atoms with Gasteiger partial charge in [-0.15, -0.1) is 22.4 Å². The topological polar surface area (TPSA) is 704 Å². The van der Waals surface area contributed by atoms with Crippen LogP contribution in [0.4, 0.5) is 9.11 Å². The molecule has 51 nitrogen and oxygen atoms in total. The Hall–Kier alpha value is -9.87. The summed E-state index contributed by atoms with van der Waals surface area (Å²) in [6, 6.07) is 0. The Morgan fingerprint density at radius 3 is 0.504 bits per heavy atom. The Balaban J connectivity index is -0.000000167. The molecule has 0 atom stereocenters. The molecule has 0 rings (SSSR count). The van der Waals surface area contributed by atoms with Gasteiger partial charge in [0.05, 0.1) is 124 Å². The van der Waals surface area contributed by atoms with Crippen molar-refractivity contribution < 1.29 is 176 Å². The largest absolute Gasteiger partial charge is 0.516 e. The van der Waals surface area contributed by atoms with Gasteiger partial charge in [0.1, 0.15) is 0 Å². The molecule has 0 saturated carbocycles. The molecule has 0 fully saturated rings. The van der Waals surface area contributed by atoms with E-state index in [2.05, 4.69) is 179 Å². The molecule has 0 unspecified atom stereocenters. The minimum Gasteiger partial charge on any atom is -0.480 e. The highest BCUT2D eigenvalue weighted by atomic mass is 127. The average Bonchev–Trinajstić information content (AvgIpc) is 0.930. The molecule has 3 amide bonds. The van der Waals surface area contributed by atoms with Crippen LogP contribution in [0.25, 0.3) is 0 Å². The van der Waals surface area contributed by atoms with E-state index in [0.29, 0.717) is 38.9 Å². The second-order valence-corrected chi connectivity index (χ2v) is 31.7. The summed E-state index contributed by atoms with van der Waals surface area (Å²) in [5, 5.41) is 128. The van der Waals surface area contributed by atoms with Crippen LogP contribution < -0.4 is 16.0 Å². The molecular formula is C87H173BFIN16O35. The van der Waals surface area contributed by atoms with Crippen molar-refractivity contribution in [3.63, 3.8) is 0 Å². The van der Waals surface area contributed by atoms with E-state index >= 15 is 0 Å². The van der Waals surface area contributed by atoms with Crippen LogP contribution in [0.15, 0.2) is 0 Å². The van der Waals surface area contributed by atoms with Crippen LogP contribution in [0.1, 0.15) is 158 Å². The van der Waals surface area contributed by atoms with Gasteiger partial charge in [-0.1, -0.05) is 138 Å². The molecule has 141 heavy (non-hydrogen) atoms. The van der Waals surface area contributed by atoms with Gasteiger partial charge in [0.25, 0.3) is 0 Å². The van der Waals surface area contributed by atoms with Gasteiger partial charge in [0, 0.05) is 19.6 Å². The quantitative estimate of drug-likeness (QED) is 0.0135. The van der Waals surface area contributed by atoms with Gasteiger partial charge in [0.15, 0.2) is 0 Å². The van der Waals surface area contributed by atoms with Gasteiger partial charge < -0.3 is 136 Å². The second-order valence-electron chi connectivity index (χ2n) is 30.0. The lowest BCUT2D eigenvalue weighted by Crippen LogP contribution is -2.43. The summed E-state index contributed by atoms with van der Waals surface area (Å²) in [4.78, 5) is 227. The number of ether oxygens (including phenoxy) is 2. The standard InChI is InChI=1S/C27H45N7O15.C11H17NO8.2C6H9NO6.6C6H15N.CH3BFI/c35-19(10-32(13-22(38)39)14-23(40)41)28-4-1-7-31(8-2-5-29-20(36)11-33(15-24(42)43)16-25(44)45)9-3-6-30-21(37)12-34(17-26(46)47)18-27(48)49;1-7(2)6-19-11(18)20-10(17)5-12(3-8(13)14)4-9(15)16;2*8-4(9)1-7(2-5(10)11)3-6(12)13;6*1-4-7(5-2)6-3;1-2(3)4/h1-18H2,(H,28,35)(H,29,36)(H,30,37)(H,38,39)(H,40,41)(H,42,43)(H,44,45)(H,46,47)(H,48,49);7H,3-6H2,1-2H3,(H,13,14)(H,15,16);2*1-3H2,(H,8,9)(H,10,11)(H,12,13);6*4-6H2,1-3H3;1H3. The molecule has 0 radical (unpaired) electrons. The fourth-order valence-corrected chi connectivity index (χ4v) is 11.0. The fourth-order valence-electron chi connectivity index (χ4n) is 11.0. The number of carboxylic acids is 14. The normalized spacial score (nSPS) is 10.4. The first-order chi connectivity index (χ1) is 65.8. The zero-order valence-corrected chi connectivity index (χ0v) is 89.2. The summed E-state index contributed by atoms with van der Waals surface area (Å²) in [7, 11) is 0. The highest BCUT2D eigenvalue weighted by Crippen LogP contribution is 2.02. The van der Waals surface area contributed by atoms with Crippen molar-refractivity contribution in [2.24, 2.45) is 5.92 Å². The number of carbonyl (C=O) groups is 19. The Kier molecular flexibility index (Phi) is 116. The van der Waals surface area contributed by atoms with E-state index in [1.807, 2.05) is 4.90 Å². The van der Waals surface area contributed by atoms with Crippen LogP contribution in [-0.2, 0) is 95.8 Å². The van der Waals surface area contributed by atoms with Crippen LogP contribution in [-0.4, -0.2) is 535 Å². The Morgan fingerprint density at radius 2 is 0.383 bits per heavy atom. The summed E-state index contributed by atoms with van der Waals surface area (Å²) in [6.07, 6.45) is 0.0116. The number of esters is 1. The Labute approximate surface area is 844 Å². The third-order valence-corrected chi connectivity index (χ3v) is 18.2. The molecule has 0 aliphatic rings. The van der Waals surface area contributed by atoms with E-state index in [9.17, 15) is 95.4 Å². The van der Waals surface area contributed by atoms with Crippen LogP contribution in [0.3, 0.4) is 0 Å². The highest BCUT2D eigenvalue weighted by molar-refractivity contribution is 14.1. The first-order valence-electron chi connectivity index (χ1n) is 46.7. The molecule has 0 saturated heterocycles. The molecule has 54 heteroatoms. The van der Waals surface area contributed by atoms with Gasteiger partial charge in [-0.25, -0.2) is 4.79 Å². The second kappa shape index (κ2) is 106. The molecule has 0 heterocycles. The number of hydrogen-bond acceptors (Lipinski definition) is 34. The molecule has 0 aromatic heterocycles. The molecular weight excluding hydrogens is 1990 g/mol. The Morgan fingerprint density at radius 1 is 0.248 bits per heavy atom. The number of carboxylic acid groups (broad SMARTS) is 14. The summed E-state index contributed by atoms with van der Waals surface area (Å²) in [5.74, 6) is -20.7. The van der Waals surface area contributed by atoms with Crippen LogP contribution in [0.5, 0.6) is 0 Å². The van der Waals surface area contributed by atoms with E-state index in [1.165, 1.54) is 125 Å². The number of rotatable bonds is 68. The molecule has 0 spiro atoms. The lowest BCUT2D eigenvalue weighted by molar-refractivity contribution is -0.148. The third-order valence-electron chi connectivity index (χ3n) is 18.2. The molecule has 0 aliphatic heterocycles. The van der Waals surface area contributed by atoms with E-state index in [4.69, 9.17) is 71.5 Å². The fraction of sp³-hybridized carbons (Fsp3) is 0.782. The van der Waals surface area contributed by atoms with Crippen molar-refractivity contribution in [1.29, 1.82) is 0 Å². The number of carbonyl (C=O) groups excluding carboxylic acids is 5. The summed E-state index contributed by atoms with van der Waals surface area (Å²) in [6.45, 7) is 56.8. The van der Waals surface area contributed by atoms with Crippen molar-refractivity contribution >= 4 is 141 Å². The van der Waals surface area contributed by atoms with Crippen LogP contribution in [0.2, 0.25) is 6.82 Å². The smallest absolute Gasteiger partial charge is 0.480 e. The van der Waals surface area contributed by atoms with E-state index in [1.54, 1.807) is 36.2 Å². The van der Waals surface area contributed by atoms with Gasteiger partial charge in [-0.2, -0.15) is 0 Å². The maximum atomic E-state index is 12.2. The molecule has 0 aromatic rings. The minimum atomic E-state index is -1.30. The molecule has 0 aromatic carbocycles. The summed E-state index contributed by atoms with van der Waals surface area (Å²) in [5.41, 5.74) is 0. The van der Waals surface area contributed by atoms with Crippen molar-refractivity contribution in [2.75, 3.05) is 281 Å². The van der Waals surface area contributed by atoms with E-state index in [0.717, 1.165) is 29.4 Å². The van der Waals surface area contributed by atoms with Crippen LogP contribution >= 0.6 is 22.4 Å². The van der Waals surface area contributed by atoms with Gasteiger partial charge in [-0.05, 0) is 169 Å². The maximum Gasteiger partial charge on any atom is 0.516 e. The number of aliphatic carboxylic acids is 14. The summed E-state index contributed by atoms with van der Waals surface area (Å²) < 4.78 is 19.8. The van der Waals surface area contributed by atoms with E-state index in [-0.39, 0.29) is 32.2 Å². The SMILES string of the molecule is CB(F)I.CC(C)COC(=O)OC(=O)CN(CC(=O)O)CC(=O)O.CCN(CC)CC.CCN(CC)CC.CCN(CC)CC.CCN(CC)CC.CCN(CC)CC.CCN(CC)CC.O=C(O)CN(CC(=O)O)CC(=O)NCCCN(CCCNC(=O)CN(CC(=O)O)CC(=O)O)CCCNC(=O)CN(CC(=O)O)CC(=O)O.O=C(O)CN(CC(=O)O)CC(=O)O.O=C(O)CN(CC(=O)O)CC(=O)O. The van der Waals surface area contributed by atoms with E-state index < -0.39 is 236 Å². The third kappa shape index (κ3) is 130. The lowest BCUT2D eigenvalue weighted by atomic mass is 10.2. The van der Waals surface area contributed by atoms with Crippen molar-refractivity contribution in [3.05, 3.63) is 0 Å². The lowest BCUT2D eigenvalue weighted by Gasteiger charge is -2.23. The zero-order valence-electron chi connectivity index (χ0n) is 87.1. The van der Waals surface area contributed by atoms with Crippen molar-refractivity contribution in [2.45, 2.75) is 165 Å². The van der Waals surface area contributed by atoms with Crippen LogP contribution in [0, 0.1) is 5.92 Å². The molecule has 828 valence electrons. The highest BCUT2D eigenvalue weighted by Gasteiger charge is 2.24. The Bertz CT molecular complexity index is 2880. The maximum absolute atomic E-state index is 12.2. The van der Waals surface area contributed by atoms with Crippen molar-refractivity contribution in [3.8, 4) is 0 Å². The van der Waals surface area contributed by atoms with Crippen molar-refractivity contribution in [1.82, 2.24) is 79.6 Å². The number of hydrogen-bond donors (Lipinski definition) is 17. The predicted molar refractivity (Wildman–Crippen MR) is 535 cm³/mol. The molecule has 0 aliphatic carbocycles. The number of nitrogens with zero attached hydrogens (tertiary/aromatic N) is 13.